The molecule has 0 spiro atoms. The molecule has 0 heterocycles. The summed E-state index contributed by atoms with van der Waals surface area (Å²) in [6, 6.07) is 4.49. The molecule has 1 saturated carbocycles. The highest BCUT2D eigenvalue weighted by molar-refractivity contribution is 7.89. The summed E-state index contributed by atoms with van der Waals surface area (Å²) in [5.41, 5.74) is 6.99. The van der Waals surface area contributed by atoms with Gasteiger partial charge in [-0.05, 0) is 43.4 Å². The molecule has 1 fully saturated rings. The Morgan fingerprint density at radius 1 is 1.29 bits per heavy atom. The van der Waals surface area contributed by atoms with Crippen molar-refractivity contribution in [3.8, 4) is 0 Å². The summed E-state index contributed by atoms with van der Waals surface area (Å²) in [4.78, 5) is 12.9. The summed E-state index contributed by atoms with van der Waals surface area (Å²) >= 11 is 0. The molecule has 0 bridgehead atoms. The standard InChI is InChI=1S/C19H31N3O4S.ClH/c1-14-8-9-16(27(24,25)21-10-11-26-2)12-17(14)19(23)22-18(13-20)15-6-4-3-5-7-15;/h8-9,12,15,18,21H,3-7,10-11,13,20H2,1-2H3,(H,22,23);1H. The number of hydrogen-bond donors (Lipinski definition) is 3. The van der Waals surface area contributed by atoms with Gasteiger partial charge in [0.2, 0.25) is 10.0 Å². The first-order valence-corrected chi connectivity index (χ1v) is 11.0. The molecular formula is C19H32ClN3O4S. The number of carbonyl (C=O) groups excluding carboxylic acids is 1. The summed E-state index contributed by atoms with van der Waals surface area (Å²) < 4.78 is 32.1. The van der Waals surface area contributed by atoms with Crippen LogP contribution in [0, 0.1) is 12.8 Å². The summed E-state index contributed by atoms with van der Waals surface area (Å²) in [6.45, 7) is 2.62. The van der Waals surface area contributed by atoms with Crippen molar-refractivity contribution < 1.29 is 17.9 Å². The first kappa shape index (κ1) is 24.8. The van der Waals surface area contributed by atoms with Crippen LogP contribution in [-0.2, 0) is 14.8 Å². The molecule has 2 rings (SSSR count). The Hall–Kier alpha value is -1.19. The molecule has 0 aromatic heterocycles. The summed E-state index contributed by atoms with van der Waals surface area (Å²) in [7, 11) is -2.19. The monoisotopic (exact) mass is 433 g/mol. The van der Waals surface area contributed by atoms with Crippen LogP contribution in [0.1, 0.15) is 48.0 Å². The Morgan fingerprint density at radius 3 is 2.57 bits per heavy atom. The lowest BCUT2D eigenvalue weighted by atomic mass is 9.83. The van der Waals surface area contributed by atoms with E-state index in [4.69, 9.17) is 10.5 Å². The SMILES string of the molecule is COCCNS(=O)(=O)c1ccc(C)c(C(=O)NC(CN)C2CCCCC2)c1.Cl. The maximum absolute atomic E-state index is 12.8. The molecule has 0 aliphatic heterocycles. The number of rotatable bonds is 9. The Bertz CT molecular complexity index is 737. The fourth-order valence-electron chi connectivity index (χ4n) is 3.53. The van der Waals surface area contributed by atoms with Gasteiger partial charge >= 0.3 is 0 Å². The molecule has 1 atom stereocenters. The lowest BCUT2D eigenvalue weighted by molar-refractivity contribution is 0.0914. The predicted octanol–water partition coefficient (Wildman–Crippen LogP) is 1.98. The third-order valence-corrected chi connectivity index (χ3v) is 6.61. The van der Waals surface area contributed by atoms with Crippen LogP contribution in [-0.4, -0.2) is 47.2 Å². The van der Waals surface area contributed by atoms with Crippen molar-refractivity contribution in [1.82, 2.24) is 10.0 Å². The number of nitrogens with one attached hydrogen (secondary N) is 2. The van der Waals surface area contributed by atoms with Crippen LogP contribution in [0.3, 0.4) is 0 Å². The van der Waals surface area contributed by atoms with Crippen LogP contribution >= 0.6 is 12.4 Å². The number of aryl methyl sites for hydroxylation is 1. The van der Waals surface area contributed by atoms with Crippen molar-refractivity contribution in [3.05, 3.63) is 29.3 Å². The molecule has 9 heteroatoms. The number of sulfonamides is 1. The van der Waals surface area contributed by atoms with Gasteiger partial charge in [-0.3, -0.25) is 4.79 Å². The van der Waals surface area contributed by atoms with Crippen molar-refractivity contribution in [2.24, 2.45) is 11.7 Å². The fourth-order valence-corrected chi connectivity index (χ4v) is 4.57. The zero-order valence-corrected chi connectivity index (χ0v) is 18.2. The second-order valence-electron chi connectivity index (χ2n) is 7.08. The van der Waals surface area contributed by atoms with Crippen LogP contribution in [0.4, 0.5) is 0 Å². The molecular weight excluding hydrogens is 402 g/mol. The Morgan fingerprint density at radius 2 is 1.96 bits per heavy atom. The quantitative estimate of drug-likeness (QED) is 0.515. The molecule has 28 heavy (non-hydrogen) atoms. The Balaban J connectivity index is 0.00000392. The van der Waals surface area contributed by atoms with Crippen LogP contribution in [0.15, 0.2) is 23.1 Å². The van der Waals surface area contributed by atoms with E-state index >= 15 is 0 Å². The van der Waals surface area contributed by atoms with Gasteiger partial charge in [0.1, 0.15) is 0 Å². The van der Waals surface area contributed by atoms with Gasteiger partial charge in [-0.15, -0.1) is 12.4 Å². The molecule has 7 nitrogen and oxygen atoms in total. The Kier molecular flexibility index (Phi) is 10.4. The fraction of sp³-hybridized carbons (Fsp3) is 0.632. The molecule has 160 valence electrons. The van der Waals surface area contributed by atoms with E-state index in [-0.39, 0.29) is 42.4 Å². The third-order valence-electron chi connectivity index (χ3n) is 5.15. The number of nitrogens with two attached hydrogens (primary N) is 1. The Labute approximate surface area is 174 Å². The number of benzene rings is 1. The normalized spacial score (nSPS) is 16.2. The average molecular weight is 434 g/mol. The van der Waals surface area contributed by atoms with Crippen molar-refractivity contribution in [1.29, 1.82) is 0 Å². The van der Waals surface area contributed by atoms with Gasteiger partial charge in [0, 0.05) is 31.8 Å². The topological polar surface area (TPSA) is 111 Å². The lowest BCUT2D eigenvalue weighted by Gasteiger charge is -2.30. The van der Waals surface area contributed by atoms with Gasteiger partial charge in [-0.2, -0.15) is 0 Å². The van der Waals surface area contributed by atoms with Gasteiger partial charge < -0.3 is 15.8 Å². The van der Waals surface area contributed by atoms with Gasteiger partial charge in [-0.25, -0.2) is 13.1 Å². The molecule has 4 N–H and O–H groups in total. The van der Waals surface area contributed by atoms with E-state index in [1.165, 1.54) is 25.7 Å². The van der Waals surface area contributed by atoms with E-state index in [1.54, 1.807) is 13.0 Å². The highest BCUT2D eigenvalue weighted by atomic mass is 35.5. The smallest absolute Gasteiger partial charge is 0.251 e. The van der Waals surface area contributed by atoms with Crippen molar-refractivity contribution >= 4 is 28.3 Å². The zero-order valence-electron chi connectivity index (χ0n) is 16.6. The van der Waals surface area contributed by atoms with Crippen LogP contribution < -0.4 is 15.8 Å². The minimum Gasteiger partial charge on any atom is -0.383 e. The van der Waals surface area contributed by atoms with E-state index in [1.807, 2.05) is 0 Å². The van der Waals surface area contributed by atoms with Crippen LogP contribution in [0.2, 0.25) is 0 Å². The molecule has 1 aromatic carbocycles. The van der Waals surface area contributed by atoms with Gasteiger partial charge in [0.15, 0.2) is 0 Å². The minimum atomic E-state index is -3.69. The van der Waals surface area contributed by atoms with E-state index < -0.39 is 10.0 Å². The first-order chi connectivity index (χ1) is 12.9. The molecule has 1 aliphatic carbocycles. The molecule has 1 unspecified atom stereocenters. The summed E-state index contributed by atoms with van der Waals surface area (Å²) in [5, 5.41) is 3.03. The highest BCUT2D eigenvalue weighted by Crippen LogP contribution is 2.26. The maximum Gasteiger partial charge on any atom is 0.251 e. The molecule has 1 aromatic rings. The molecule has 1 amide bonds. The van der Waals surface area contributed by atoms with Gasteiger partial charge in [0.25, 0.3) is 5.91 Å². The largest absolute Gasteiger partial charge is 0.383 e. The molecule has 1 aliphatic rings. The van der Waals surface area contributed by atoms with Crippen LogP contribution in [0.5, 0.6) is 0 Å². The number of ether oxygens (including phenoxy) is 1. The maximum atomic E-state index is 12.8. The highest BCUT2D eigenvalue weighted by Gasteiger charge is 2.25. The van der Waals surface area contributed by atoms with Crippen LogP contribution in [0.25, 0.3) is 0 Å². The van der Waals surface area contributed by atoms with Crippen molar-refractivity contribution in [3.63, 3.8) is 0 Å². The second kappa shape index (κ2) is 11.7. The molecule has 0 saturated heterocycles. The van der Waals surface area contributed by atoms with E-state index in [0.717, 1.165) is 31.2 Å². The van der Waals surface area contributed by atoms with Crippen molar-refractivity contribution in [2.45, 2.75) is 50.0 Å². The van der Waals surface area contributed by atoms with Gasteiger partial charge in [0.05, 0.1) is 11.5 Å². The van der Waals surface area contributed by atoms with E-state index in [2.05, 4.69) is 10.0 Å². The lowest BCUT2D eigenvalue weighted by Crippen LogP contribution is -2.46. The first-order valence-electron chi connectivity index (χ1n) is 9.49. The minimum absolute atomic E-state index is 0. The third kappa shape index (κ3) is 6.70. The number of carbonyl (C=O) groups is 1. The summed E-state index contributed by atoms with van der Waals surface area (Å²) in [6.07, 6.45) is 5.70. The summed E-state index contributed by atoms with van der Waals surface area (Å²) in [5.74, 6) is 0.109. The number of amides is 1. The van der Waals surface area contributed by atoms with E-state index in [0.29, 0.717) is 18.0 Å². The second-order valence-corrected chi connectivity index (χ2v) is 8.85. The average Bonchev–Trinajstić information content (AvgIpc) is 2.67. The van der Waals surface area contributed by atoms with Gasteiger partial charge in [-0.1, -0.05) is 25.3 Å². The van der Waals surface area contributed by atoms with E-state index in [9.17, 15) is 13.2 Å². The zero-order chi connectivity index (χ0) is 19.9. The number of halogens is 1. The van der Waals surface area contributed by atoms with Crippen molar-refractivity contribution in [2.75, 3.05) is 26.8 Å². The predicted molar refractivity (Wildman–Crippen MR) is 112 cm³/mol. The number of hydrogen-bond acceptors (Lipinski definition) is 5. The molecule has 0 radical (unpaired) electrons. The number of methoxy groups -OCH3 is 1.